The number of fused-ring (bicyclic) bond motifs is 1. The van der Waals surface area contributed by atoms with Crippen LogP contribution in [0.5, 0.6) is 17.2 Å². The van der Waals surface area contributed by atoms with Crippen molar-refractivity contribution < 1.29 is 14.2 Å². The first-order valence-corrected chi connectivity index (χ1v) is 8.24. The Morgan fingerprint density at radius 3 is 2.72 bits per heavy atom. The van der Waals surface area contributed by atoms with Gasteiger partial charge in [0.05, 0.1) is 7.11 Å². The fraction of sp³-hybridized carbons (Fsp3) is 0.368. The topological polar surface area (TPSA) is 57.0 Å². The summed E-state index contributed by atoms with van der Waals surface area (Å²) in [6.07, 6.45) is 0. The van der Waals surface area contributed by atoms with E-state index < -0.39 is 0 Å². The van der Waals surface area contributed by atoms with Gasteiger partial charge >= 0.3 is 0 Å². The van der Waals surface area contributed by atoms with Crippen molar-refractivity contribution in [1.29, 1.82) is 0 Å². The quantitative estimate of drug-likeness (QED) is 0.906. The van der Waals surface area contributed by atoms with Crippen LogP contribution in [0.2, 0.25) is 0 Å². The molecule has 0 spiro atoms. The molecule has 2 aliphatic heterocycles. The van der Waals surface area contributed by atoms with Crippen molar-refractivity contribution in [2.75, 3.05) is 27.0 Å². The molecule has 2 N–H and O–H groups in total. The molecule has 2 aromatic rings. The Labute approximate surface area is 154 Å². The number of halogens is 1. The molecule has 25 heavy (non-hydrogen) atoms. The number of nitrogens with two attached hydrogens (primary N) is 1. The number of hydrogen-bond donors (Lipinski definition) is 1. The predicted octanol–water partition coefficient (Wildman–Crippen LogP) is 2.77. The number of ether oxygens (including phenoxy) is 3. The molecule has 6 heteroatoms. The van der Waals surface area contributed by atoms with Crippen LogP contribution in [-0.2, 0) is 6.54 Å². The fourth-order valence-corrected chi connectivity index (χ4v) is 3.63. The van der Waals surface area contributed by atoms with E-state index in [4.69, 9.17) is 19.9 Å². The van der Waals surface area contributed by atoms with E-state index in [1.807, 2.05) is 18.2 Å². The van der Waals surface area contributed by atoms with Crippen LogP contribution < -0.4 is 19.9 Å². The molecule has 2 heterocycles. The molecule has 0 unspecified atom stereocenters. The highest BCUT2D eigenvalue weighted by Crippen LogP contribution is 2.42. The zero-order valence-corrected chi connectivity index (χ0v) is 15.0. The van der Waals surface area contributed by atoms with Gasteiger partial charge in [0.2, 0.25) is 12.5 Å². The largest absolute Gasteiger partial charge is 0.493 e. The Hall–Kier alpha value is -1.95. The number of benzene rings is 2. The van der Waals surface area contributed by atoms with Gasteiger partial charge in [-0.25, -0.2) is 0 Å². The van der Waals surface area contributed by atoms with Crippen LogP contribution >= 0.6 is 12.4 Å². The van der Waals surface area contributed by atoms with Crippen LogP contribution in [0.4, 0.5) is 0 Å². The lowest BCUT2D eigenvalue weighted by atomic mass is 9.95. The van der Waals surface area contributed by atoms with E-state index in [0.29, 0.717) is 11.7 Å². The van der Waals surface area contributed by atoms with E-state index >= 15 is 0 Å². The van der Waals surface area contributed by atoms with E-state index in [1.54, 1.807) is 7.11 Å². The smallest absolute Gasteiger partial charge is 0.231 e. The van der Waals surface area contributed by atoms with Crippen molar-refractivity contribution in [2.45, 2.75) is 18.5 Å². The Morgan fingerprint density at radius 1 is 1.16 bits per heavy atom. The first-order chi connectivity index (χ1) is 11.7. The average molecular weight is 363 g/mol. The summed E-state index contributed by atoms with van der Waals surface area (Å²) in [5.41, 5.74) is 8.86. The van der Waals surface area contributed by atoms with Crippen LogP contribution in [0.1, 0.15) is 17.0 Å². The minimum atomic E-state index is 0. The normalized spacial score (nSPS) is 21.8. The fourth-order valence-electron chi connectivity index (χ4n) is 3.63. The van der Waals surface area contributed by atoms with Gasteiger partial charge in [0.25, 0.3) is 0 Å². The van der Waals surface area contributed by atoms with Crippen molar-refractivity contribution in [3.8, 4) is 17.2 Å². The Kier molecular flexibility index (Phi) is 5.37. The number of nitrogens with zero attached hydrogens (tertiary/aromatic N) is 1. The third-order valence-corrected chi connectivity index (χ3v) is 4.79. The lowest BCUT2D eigenvalue weighted by Crippen LogP contribution is -2.28. The zero-order valence-electron chi connectivity index (χ0n) is 14.2. The molecule has 5 nitrogen and oxygen atoms in total. The standard InChI is InChI=1S/C19H22N2O3.ClH/c1-22-17-7-13(8-18-19(17)24-12-23-18)9-21-10-15(16(20)11-21)14-5-3-2-4-6-14;/h2-8,15-16H,9-12,20H2,1H3;1H/t15-,16+;/m0./s1. The molecule has 0 saturated carbocycles. The zero-order chi connectivity index (χ0) is 16.5. The summed E-state index contributed by atoms with van der Waals surface area (Å²) < 4.78 is 16.4. The lowest BCUT2D eigenvalue weighted by molar-refractivity contribution is 0.171. The van der Waals surface area contributed by atoms with Crippen molar-refractivity contribution in [2.24, 2.45) is 5.73 Å². The highest BCUT2D eigenvalue weighted by molar-refractivity contribution is 5.85. The highest BCUT2D eigenvalue weighted by atomic mass is 35.5. The van der Waals surface area contributed by atoms with Gasteiger partial charge in [-0.05, 0) is 23.3 Å². The summed E-state index contributed by atoms with van der Waals surface area (Å²) in [7, 11) is 1.65. The minimum absolute atomic E-state index is 0. The SMILES string of the molecule is COc1cc(CN2C[C@@H](N)[C@H](c3ccccc3)C2)cc2c1OCO2.Cl. The molecule has 2 atom stereocenters. The second kappa shape index (κ2) is 7.52. The summed E-state index contributed by atoms with van der Waals surface area (Å²) >= 11 is 0. The summed E-state index contributed by atoms with van der Waals surface area (Å²) in [4.78, 5) is 2.39. The number of rotatable bonds is 4. The molecule has 2 aromatic carbocycles. The maximum Gasteiger partial charge on any atom is 0.231 e. The molecule has 0 bridgehead atoms. The molecule has 1 fully saturated rings. The monoisotopic (exact) mass is 362 g/mol. The first-order valence-electron chi connectivity index (χ1n) is 8.24. The van der Waals surface area contributed by atoms with Gasteiger partial charge in [0.15, 0.2) is 11.5 Å². The Balaban J connectivity index is 0.00000182. The Bertz CT molecular complexity index is 726. The molecule has 0 aromatic heterocycles. The van der Waals surface area contributed by atoms with Gasteiger partial charge in [-0.3, -0.25) is 4.90 Å². The van der Waals surface area contributed by atoms with E-state index in [0.717, 1.165) is 36.7 Å². The van der Waals surface area contributed by atoms with Crippen molar-refractivity contribution >= 4 is 12.4 Å². The maximum atomic E-state index is 6.39. The molecule has 0 aliphatic carbocycles. The van der Waals surface area contributed by atoms with Crippen LogP contribution in [0.15, 0.2) is 42.5 Å². The minimum Gasteiger partial charge on any atom is -0.493 e. The lowest BCUT2D eigenvalue weighted by Gasteiger charge is -2.17. The van der Waals surface area contributed by atoms with E-state index in [1.165, 1.54) is 5.56 Å². The van der Waals surface area contributed by atoms with Gasteiger partial charge in [-0.2, -0.15) is 0 Å². The highest BCUT2D eigenvalue weighted by Gasteiger charge is 2.31. The van der Waals surface area contributed by atoms with Gasteiger partial charge in [-0.15, -0.1) is 12.4 Å². The molecule has 0 amide bonds. The number of hydrogen-bond acceptors (Lipinski definition) is 5. The first kappa shape index (κ1) is 17.9. The second-order valence-electron chi connectivity index (χ2n) is 6.41. The molecular weight excluding hydrogens is 340 g/mol. The summed E-state index contributed by atoms with van der Waals surface area (Å²) in [5.74, 6) is 2.55. The van der Waals surface area contributed by atoms with Crippen LogP contribution in [0.25, 0.3) is 0 Å². The van der Waals surface area contributed by atoms with E-state index in [9.17, 15) is 0 Å². The van der Waals surface area contributed by atoms with Gasteiger partial charge < -0.3 is 19.9 Å². The maximum absolute atomic E-state index is 6.39. The van der Waals surface area contributed by atoms with Crippen molar-refractivity contribution in [3.63, 3.8) is 0 Å². The third kappa shape index (κ3) is 3.54. The summed E-state index contributed by atoms with van der Waals surface area (Å²) in [6.45, 7) is 2.92. The summed E-state index contributed by atoms with van der Waals surface area (Å²) in [5, 5.41) is 0. The second-order valence-corrected chi connectivity index (χ2v) is 6.41. The molecule has 0 radical (unpaired) electrons. The van der Waals surface area contributed by atoms with Gasteiger partial charge in [-0.1, -0.05) is 30.3 Å². The van der Waals surface area contributed by atoms with Crippen LogP contribution in [0, 0.1) is 0 Å². The molecule has 1 saturated heterocycles. The number of methoxy groups -OCH3 is 1. The molecule has 4 rings (SSSR count). The Morgan fingerprint density at radius 2 is 1.96 bits per heavy atom. The third-order valence-electron chi connectivity index (χ3n) is 4.79. The number of likely N-dealkylation sites (tertiary alicyclic amines) is 1. The van der Waals surface area contributed by atoms with Crippen LogP contribution in [0.3, 0.4) is 0 Å². The van der Waals surface area contributed by atoms with E-state index in [-0.39, 0.29) is 25.2 Å². The average Bonchev–Trinajstić information content (AvgIpc) is 3.21. The van der Waals surface area contributed by atoms with Gasteiger partial charge in [0.1, 0.15) is 0 Å². The predicted molar refractivity (Wildman–Crippen MR) is 98.8 cm³/mol. The van der Waals surface area contributed by atoms with Gasteiger partial charge in [0, 0.05) is 31.6 Å². The molecular formula is C19H23ClN2O3. The molecule has 134 valence electrons. The van der Waals surface area contributed by atoms with Crippen molar-refractivity contribution in [1.82, 2.24) is 4.90 Å². The van der Waals surface area contributed by atoms with Crippen LogP contribution in [-0.4, -0.2) is 37.9 Å². The summed E-state index contributed by atoms with van der Waals surface area (Å²) in [6, 6.07) is 14.7. The van der Waals surface area contributed by atoms with E-state index in [2.05, 4.69) is 29.2 Å². The molecule has 2 aliphatic rings. The van der Waals surface area contributed by atoms with Crippen molar-refractivity contribution in [3.05, 3.63) is 53.6 Å².